The zero-order valence-corrected chi connectivity index (χ0v) is 10.3. The monoisotopic (exact) mass is 250 g/mol. The molecule has 4 heteroatoms. The van der Waals surface area contributed by atoms with Crippen LogP contribution in [-0.2, 0) is 6.54 Å². The Morgan fingerprint density at radius 3 is 2.71 bits per heavy atom. The Hall–Kier alpha value is -1.39. The molecule has 0 spiro atoms. The van der Waals surface area contributed by atoms with Crippen molar-refractivity contribution >= 4 is 17.0 Å². The number of thiophene rings is 1. The summed E-state index contributed by atoms with van der Waals surface area (Å²) in [6.07, 6.45) is 0. The van der Waals surface area contributed by atoms with Gasteiger partial charge in [-0.2, -0.15) is 0 Å². The SMILES string of the molecule is Fc1ccccc1NCCNCc1cccs1. The fourth-order valence-electron chi connectivity index (χ4n) is 1.51. The van der Waals surface area contributed by atoms with Crippen molar-refractivity contribution in [3.8, 4) is 0 Å². The van der Waals surface area contributed by atoms with Crippen LogP contribution in [-0.4, -0.2) is 13.1 Å². The molecule has 1 heterocycles. The van der Waals surface area contributed by atoms with E-state index in [1.807, 2.05) is 12.1 Å². The molecule has 0 bridgehead atoms. The number of rotatable bonds is 6. The first kappa shape index (κ1) is 12.1. The number of nitrogens with one attached hydrogen (secondary N) is 2. The number of benzene rings is 1. The smallest absolute Gasteiger partial charge is 0.146 e. The molecule has 0 unspecified atom stereocenters. The zero-order chi connectivity index (χ0) is 11.9. The Morgan fingerprint density at radius 1 is 1.06 bits per heavy atom. The maximum absolute atomic E-state index is 13.2. The molecule has 0 aliphatic heterocycles. The lowest BCUT2D eigenvalue weighted by Crippen LogP contribution is -2.21. The zero-order valence-electron chi connectivity index (χ0n) is 9.45. The quantitative estimate of drug-likeness (QED) is 0.770. The molecular weight excluding hydrogens is 235 g/mol. The summed E-state index contributed by atoms with van der Waals surface area (Å²) in [5, 5.41) is 8.43. The van der Waals surface area contributed by atoms with Crippen LogP contribution < -0.4 is 10.6 Å². The lowest BCUT2D eigenvalue weighted by atomic mass is 10.3. The van der Waals surface area contributed by atoms with Gasteiger partial charge in [-0.15, -0.1) is 11.3 Å². The van der Waals surface area contributed by atoms with Gasteiger partial charge in [0, 0.05) is 24.5 Å². The highest BCUT2D eigenvalue weighted by molar-refractivity contribution is 7.09. The van der Waals surface area contributed by atoms with Gasteiger partial charge in [0.05, 0.1) is 5.69 Å². The van der Waals surface area contributed by atoms with Crippen molar-refractivity contribution in [3.63, 3.8) is 0 Å². The first-order valence-corrected chi connectivity index (χ1v) is 6.46. The fraction of sp³-hybridized carbons (Fsp3) is 0.231. The van der Waals surface area contributed by atoms with E-state index in [1.54, 1.807) is 23.5 Å². The predicted octanol–water partition coefficient (Wildman–Crippen LogP) is 3.09. The highest BCUT2D eigenvalue weighted by Gasteiger charge is 1.98. The van der Waals surface area contributed by atoms with Crippen LogP contribution in [0.25, 0.3) is 0 Å². The highest BCUT2D eigenvalue weighted by atomic mass is 32.1. The Morgan fingerprint density at radius 2 is 1.94 bits per heavy atom. The predicted molar refractivity (Wildman–Crippen MR) is 70.9 cm³/mol. The summed E-state index contributed by atoms with van der Waals surface area (Å²) in [5.41, 5.74) is 0.561. The minimum absolute atomic E-state index is 0.203. The Labute approximate surface area is 104 Å². The van der Waals surface area contributed by atoms with Crippen molar-refractivity contribution < 1.29 is 4.39 Å². The minimum atomic E-state index is -0.203. The summed E-state index contributed by atoms with van der Waals surface area (Å²) in [7, 11) is 0. The lowest BCUT2D eigenvalue weighted by Gasteiger charge is -2.07. The average molecular weight is 250 g/mol. The largest absolute Gasteiger partial charge is 0.381 e. The molecule has 17 heavy (non-hydrogen) atoms. The van der Waals surface area contributed by atoms with Gasteiger partial charge in [-0.3, -0.25) is 0 Å². The van der Waals surface area contributed by atoms with Gasteiger partial charge in [0.15, 0.2) is 0 Å². The van der Waals surface area contributed by atoms with Crippen LogP contribution in [0, 0.1) is 5.82 Å². The van der Waals surface area contributed by atoms with Crippen molar-refractivity contribution in [2.45, 2.75) is 6.54 Å². The van der Waals surface area contributed by atoms with E-state index in [9.17, 15) is 4.39 Å². The number of para-hydroxylation sites is 1. The Kier molecular flexibility index (Phi) is 4.53. The lowest BCUT2D eigenvalue weighted by molar-refractivity contribution is 0.628. The topological polar surface area (TPSA) is 24.1 Å². The van der Waals surface area contributed by atoms with E-state index in [1.165, 1.54) is 10.9 Å². The Bertz CT molecular complexity index is 442. The molecule has 0 fully saturated rings. The van der Waals surface area contributed by atoms with Crippen LogP contribution in [0.5, 0.6) is 0 Å². The maximum atomic E-state index is 13.2. The van der Waals surface area contributed by atoms with Gasteiger partial charge in [0.2, 0.25) is 0 Å². The maximum Gasteiger partial charge on any atom is 0.146 e. The molecular formula is C13H15FN2S. The van der Waals surface area contributed by atoms with E-state index < -0.39 is 0 Å². The first-order chi connectivity index (χ1) is 8.36. The van der Waals surface area contributed by atoms with E-state index in [0.29, 0.717) is 12.2 Å². The first-order valence-electron chi connectivity index (χ1n) is 5.58. The second-order valence-corrected chi connectivity index (χ2v) is 4.70. The van der Waals surface area contributed by atoms with Crippen LogP contribution in [0.3, 0.4) is 0 Å². The number of halogens is 1. The van der Waals surface area contributed by atoms with Crippen molar-refractivity contribution in [2.24, 2.45) is 0 Å². The molecule has 1 aromatic carbocycles. The van der Waals surface area contributed by atoms with Crippen LogP contribution in [0.4, 0.5) is 10.1 Å². The van der Waals surface area contributed by atoms with E-state index in [2.05, 4.69) is 22.1 Å². The molecule has 0 radical (unpaired) electrons. The third-order valence-corrected chi connectivity index (χ3v) is 3.25. The molecule has 90 valence electrons. The molecule has 2 N–H and O–H groups in total. The van der Waals surface area contributed by atoms with Gasteiger partial charge in [-0.1, -0.05) is 18.2 Å². The fourth-order valence-corrected chi connectivity index (χ4v) is 2.19. The molecule has 0 aliphatic rings. The van der Waals surface area contributed by atoms with Crippen LogP contribution in [0.2, 0.25) is 0 Å². The second kappa shape index (κ2) is 6.37. The normalized spacial score (nSPS) is 10.4. The Balaban J connectivity index is 1.65. The molecule has 0 saturated heterocycles. The summed E-state index contributed by atoms with van der Waals surface area (Å²) < 4.78 is 13.2. The molecule has 2 aromatic rings. The van der Waals surface area contributed by atoms with Crippen molar-refractivity contribution in [1.82, 2.24) is 5.32 Å². The summed E-state index contributed by atoms with van der Waals surface area (Å²) in [6.45, 7) is 2.40. The molecule has 0 saturated carbocycles. The summed E-state index contributed by atoms with van der Waals surface area (Å²) in [6, 6.07) is 10.9. The third kappa shape index (κ3) is 3.84. The molecule has 2 nitrogen and oxygen atoms in total. The van der Waals surface area contributed by atoms with Gasteiger partial charge in [-0.05, 0) is 23.6 Å². The van der Waals surface area contributed by atoms with Gasteiger partial charge in [-0.25, -0.2) is 4.39 Å². The third-order valence-electron chi connectivity index (χ3n) is 2.37. The molecule has 0 atom stereocenters. The van der Waals surface area contributed by atoms with E-state index >= 15 is 0 Å². The summed E-state index contributed by atoms with van der Waals surface area (Å²) in [5.74, 6) is -0.203. The van der Waals surface area contributed by atoms with E-state index in [-0.39, 0.29) is 5.82 Å². The number of anilines is 1. The van der Waals surface area contributed by atoms with E-state index in [0.717, 1.165) is 13.1 Å². The van der Waals surface area contributed by atoms with Crippen molar-refractivity contribution in [1.29, 1.82) is 0 Å². The highest BCUT2D eigenvalue weighted by Crippen LogP contribution is 2.11. The van der Waals surface area contributed by atoms with Gasteiger partial charge in [0.25, 0.3) is 0 Å². The number of hydrogen-bond donors (Lipinski definition) is 2. The molecule has 0 aliphatic carbocycles. The summed E-state index contributed by atoms with van der Waals surface area (Å²) >= 11 is 1.74. The van der Waals surface area contributed by atoms with E-state index in [4.69, 9.17) is 0 Å². The average Bonchev–Trinajstić information content (AvgIpc) is 2.84. The second-order valence-electron chi connectivity index (χ2n) is 3.66. The van der Waals surface area contributed by atoms with Crippen molar-refractivity contribution in [3.05, 3.63) is 52.5 Å². The molecule has 2 rings (SSSR count). The van der Waals surface area contributed by atoms with Crippen LogP contribution in [0.15, 0.2) is 41.8 Å². The minimum Gasteiger partial charge on any atom is -0.381 e. The van der Waals surface area contributed by atoms with Crippen LogP contribution in [0.1, 0.15) is 4.88 Å². The standard InChI is InChI=1S/C13H15FN2S/c14-12-5-1-2-6-13(12)16-8-7-15-10-11-4-3-9-17-11/h1-6,9,15-16H,7-8,10H2. The van der Waals surface area contributed by atoms with Crippen molar-refractivity contribution in [2.75, 3.05) is 18.4 Å². The molecule has 0 amide bonds. The number of hydrogen-bond acceptors (Lipinski definition) is 3. The summed E-state index contributed by atoms with van der Waals surface area (Å²) in [4.78, 5) is 1.32. The molecule has 1 aromatic heterocycles. The van der Waals surface area contributed by atoms with Gasteiger partial charge >= 0.3 is 0 Å². The van der Waals surface area contributed by atoms with Gasteiger partial charge < -0.3 is 10.6 Å². The van der Waals surface area contributed by atoms with Gasteiger partial charge in [0.1, 0.15) is 5.82 Å². The van der Waals surface area contributed by atoms with Crippen LogP contribution >= 0.6 is 11.3 Å².